The Morgan fingerprint density at radius 1 is 1.28 bits per heavy atom. The highest BCUT2D eigenvalue weighted by molar-refractivity contribution is 5.95. The number of hydrogen-bond acceptors (Lipinski definition) is 2. The zero-order valence-corrected chi connectivity index (χ0v) is 10.5. The second-order valence-corrected chi connectivity index (χ2v) is 4.72. The zero-order chi connectivity index (χ0) is 13.0. The second kappa shape index (κ2) is 5.67. The average Bonchev–Trinajstić information content (AvgIpc) is 2.78. The zero-order valence-electron chi connectivity index (χ0n) is 10.5. The molecule has 4 heteroatoms. The van der Waals surface area contributed by atoms with E-state index in [4.69, 9.17) is 0 Å². The molecule has 4 nitrogen and oxygen atoms in total. The van der Waals surface area contributed by atoms with Crippen LogP contribution in [0.15, 0.2) is 24.3 Å². The second-order valence-electron chi connectivity index (χ2n) is 4.72. The van der Waals surface area contributed by atoms with Crippen molar-refractivity contribution < 1.29 is 9.59 Å². The van der Waals surface area contributed by atoms with Gasteiger partial charge in [0.25, 0.3) is 5.91 Å². The summed E-state index contributed by atoms with van der Waals surface area (Å²) in [6.45, 7) is 1.92. The molecule has 1 aromatic rings. The quantitative estimate of drug-likeness (QED) is 0.789. The fourth-order valence-electron chi connectivity index (χ4n) is 2.49. The fourth-order valence-corrected chi connectivity index (χ4v) is 2.49. The monoisotopic (exact) mass is 246 g/mol. The molecule has 2 atom stereocenters. The molecule has 0 heterocycles. The van der Waals surface area contributed by atoms with Gasteiger partial charge in [0, 0.05) is 17.6 Å². The van der Waals surface area contributed by atoms with Crippen molar-refractivity contribution in [2.75, 3.05) is 0 Å². The molecule has 18 heavy (non-hydrogen) atoms. The maximum atomic E-state index is 12.1. The van der Waals surface area contributed by atoms with Gasteiger partial charge in [0.05, 0.1) is 0 Å². The van der Waals surface area contributed by atoms with Crippen molar-refractivity contribution >= 4 is 12.3 Å². The van der Waals surface area contributed by atoms with E-state index >= 15 is 0 Å². The summed E-state index contributed by atoms with van der Waals surface area (Å²) in [6, 6.07) is 7.63. The summed E-state index contributed by atoms with van der Waals surface area (Å²) in [4.78, 5) is 22.6. The van der Waals surface area contributed by atoms with Crippen LogP contribution in [0.3, 0.4) is 0 Å². The SMILES string of the molecule is Cc1ccccc1C(=O)N[C@H]1CCC[C@H]1NC=O. The molecule has 1 aliphatic rings. The van der Waals surface area contributed by atoms with Gasteiger partial charge in [-0.15, -0.1) is 0 Å². The predicted octanol–water partition coefficient (Wildman–Crippen LogP) is 1.39. The summed E-state index contributed by atoms with van der Waals surface area (Å²) in [5.41, 5.74) is 1.67. The van der Waals surface area contributed by atoms with Crippen LogP contribution in [0, 0.1) is 6.92 Å². The highest BCUT2D eigenvalue weighted by Gasteiger charge is 2.28. The minimum atomic E-state index is -0.0577. The van der Waals surface area contributed by atoms with Crippen LogP contribution in [0.2, 0.25) is 0 Å². The van der Waals surface area contributed by atoms with E-state index in [-0.39, 0.29) is 18.0 Å². The van der Waals surface area contributed by atoms with Crippen molar-refractivity contribution in [2.24, 2.45) is 0 Å². The Balaban J connectivity index is 2.03. The van der Waals surface area contributed by atoms with E-state index in [0.717, 1.165) is 24.8 Å². The number of hydrogen-bond donors (Lipinski definition) is 2. The van der Waals surface area contributed by atoms with Crippen LogP contribution in [0.25, 0.3) is 0 Å². The van der Waals surface area contributed by atoms with E-state index in [1.807, 2.05) is 31.2 Å². The Labute approximate surface area is 107 Å². The lowest BCUT2D eigenvalue weighted by Gasteiger charge is -2.20. The van der Waals surface area contributed by atoms with Crippen molar-refractivity contribution in [3.8, 4) is 0 Å². The van der Waals surface area contributed by atoms with Gasteiger partial charge in [-0.25, -0.2) is 0 Å². The van der Waals surface area contributed by atoms with E-state index in [0.29, 0.717) is 12.0 Å². The first-order chi connectivity index (χ1) is 8.72. The Morgan fingerprint density at radius 3 is 2.72 bits per heavy atom. The van der Waals surface area contributed by atoms with E-state index in [2.05, 4.69) is 10.6 Å². The molecule has 0 saturated heterocycles. The summed E-state index contributed by atoms with van der Waals surface area (Å²) >= 11 is 0. The number of nitrogens with one attached hydrogen (secondary N) is 2. The molecule has 0 spiro atoms. The average molecular weight is 246 g/mol. The van der Waals surface area contributed by atoms with Crippen LogP contribution in [0.5, 0.6) is 0 Å². The van der Waals surface area contributed by atoms with Gasteiger partial charge in [-0.05, 0) is 37.8 Å². The van der Waals surface area contributed by atoms with E-state index in [1.165, 1.54) is 0 Å². The first-order valence-corrected chi connectivity index (χ1v) is 6.28. The third-order valence-electron chi connectivity index (χ3n) is 3.50. The molecule has 2 N–H and O–H groups in total. The van der Waals surface area contributed by atoms with Crippen LogP contribution >= 0.6 is 0 Å². The summed E-state index contributed by atoms with van der Waals surface area (Å²) in [5.74, 6) is -0.0577. The third kappa shape index (κ3) is 2.70. The van der Waals surface area contributed by atoms with Gasteiger partial charge in [-0.2, -0.15) is 0 Å². The Morgan fingerprint density at radius 2 is 2.00 bits per heavy atom. The fraction of sp³-hybridized carbons (Fsp3) is 0.429. The summed E-state index contributed by atoms with van der Waals surface area (Å²) < 4.78 is 0. The molecular weight excluding hydrogens is 228 g/mol. The lowest BCUT2D eigenvalue weighted by molar-refractivity contribution is -0.110. The highest BCUT2D eigenvalue weighted by atomic mass is 16.2. The summed E-state index contributed by atoms with van der Waals surface area (Å²) in [7, 11) is 0. The van der Waals surface area contributed by atoms with Crippen LogP contribution < -0.4 is 10.6 Å². The smallest absolute Gasteiger partial charge is 0.251 e. The van der Waals surface area contributed by atoms with Gasteiger partial charge in [0.1, 0.15) is 0 Å². The number of carbonyl (C=O) groups is 2. The van der Waals surface area contributed by atoms with E-state index < -0.39 is 0 Å². The number of amides is 2. The Bertz CT molecular complexity index is 445. The molecule has 1 aromatic carbocycles. The van der Waals surface area contributed by atoms with Crippen molar-refractivity contribution in [1.82, 2.24) is 10.6 Å². The van der Waals surface area contributed by atoms with Gasteiger partial charge >= 0.3 is 0 Å². The lowest BCUT2D eigenvalue weighted by atomic mass is 10.1. The van der Waals surface area contributed by atoms with Crippen molar-refractivity contribution in [3.63, 3.8) is 0 Å². The minimum Gasteiger partial charge on any atom is -0.354 e. The highest BCUT2D eigenvalue weighted by Crippen LogP contribution is 2.19. The van der Waals surface area contributed by atoms with E-state index in [1.54, 1.807) is 0 Å². The van der Waals surface area contributed by atoms with Crippen LogP contribution in [-0.2, 0) is 4.79 Å². The van der Waals surface area contributed by atoms with Gasteiger partial charge in [0.15, 0.2) is 0 Å². The molecule has 2 rings (SSSR count). The first-order valence-electron chi connectivity index (χ1n) is 6.28. The van der Waals surface area contributed by atoms with Crippen LogP contribution in [0.4, 0.5) is 0 Å². The Kier molecular flexibility index (Phi) is 3.97. The maximum Gasteiger partial charge on any atom is 0.251 e. The largest absolute Gasteiger partial charge is 0.354 e. The molecule has 96 valence electrons. The molecule has 0 radical (unpaired) electrons. The van der Waals surface area contributed by atoms with Gasteiger partial charge in [0.2, 0.25) is 6.41 Å². The number of aryl methyl sites for hydroxylation is 1. The van der Waals surface area contributed by atoms with Gasteiger partial charge < -0.3 is 10.6 Å². The molecule has 0 unspecified atom stereocenters. The summed E-state index contributed by atoms with van der Waals surface area (Å²) in [6.07, 6.45) is 3.59. The molecule has 1 fully saturated rings. The topological polar surface area (TPSA) is 58.2 Å². The normalized spacial score (nSPS) is 22.5. The minimum absolute atomic E-state index is 0.0438. The van der Waals surface area contributed by atoms with Gasteiger partial charge in [-0.1, -0.05) is 18.2 Å². The Hall–Kier alpha value is -1.84. The molecule has 0 aliphatic heterocycles. The molecule has 0 bridgehead atoms. The summed E-state index contributed by atoms with van der Waals surface area (Å²) in [5, 5.41) is 5.78. The third-order valence-corrected chi connectivity index (χ3v) is 3.50. The van der Waals surface area contributed by atoms with E-state index in [9.17, 15) is 9.59 Å². The predicted molar refractivity (Wildman–Crippen MR) is 69.3 cm³/mol. The number of carbonyl (C=O) groups excluding carboxylic acids is 2. The number of benzene rings is 1. The molecule has 2 amide bonds. The van der Waals surface area contributed by atoms with Gasteiger partial charge in [-0.3, -0.25) is 9.59 Å². The first kappa shape index (κ1) is 12.6. The lowest BCUT2D eigenvalue weighted by Crippen LogP contribution is -2.46. The van der Waals surface area contributed by atoms with Crippen molar-refractivity contribution in [2.45, 2.75) is 38.3 Å². The van der Waals surface area contributed by atoms with Crippen molar-refractivity contribution in [3.05, 3.63) is 35.4 Å². The standard InChI is InChI=1S/C14H18N2O2/c1-10-5-2-3-6-11(10)14(18)16-13-8-4-7-12(13)15-9-17/h2-3,5-6,9,12-13H,4,7-8H2,1H3,(H,15,17)(H,16,18)/t12-,13+/m1/s1. The van der Waals surface area contributed by atoms with Crippen LogP contribution in [-0.4, -0.2) is 24.4 Å². The molecular formula is C14H18N2O2. The molecule has 1 saturated carbocycles. The number of rotatable bonds is 4. The van der Waals surface area contributed by atoms with Crippen LogP contribution in [0.1, 0.15) is 35.2 Å². The maximum absolute atomic E-state index is 12.1. The molecule has 0 aromatic heterocycles. The van der Waals surface area contributed by atoms with Crippen molar-refractivity contribution in [1.29, 1.82) is 0 Å². The molecule has 1 aliphatic carbocycles.